The second kappa shape index (κ2) is 6.98. The molecule has 0 radical (unpaired) electrons. The summed E-state index contributed by atoms with van der Waals surface area (Å²) in [7, 11) is 0. The van der Waals surface area contributed by atoms with Gasteiger partial charge >= 0.3 is 5.97 Å². The molecular weight excluding hydrogens is 294 g/mol. The molecule has 1 atom stereocenters. The Balaban J connectivity index is 1.81. The number of aryl methyl sites for hydroxylation is 1. The zero-order valence-corrected chi connectivity index (χ0v) is 13.2. The molecule has 1 aliphatic rings. The lowest BCUT2D eigenvalue weighted by atomic mass is 10.0. The molecule has 1 unspecified atom stereocenters. The topological polar surface area (TPSA) is 62.9 Å². The Bertz CT molecular complexity index is 679. The van der Waals surface area contributed by atoms with Crippen molar-refractivity contribution in [2.24, 2.45) is 0 Å². The molecule has 0 aliphatic carbocycles. The Morgan fingerprint density at radius 3 is 2.74 bits per heavy atom. The molecule has 5 heteroatoms. The van der Waals surface area contributed by atoms with Crippen LogP contribution >= 0.6 is 0 Å². The van der Waals surface area contributed by atoms with Gasteiger partial charge in [0, 0.05) is 13.1 Å². The lowest BCUT2D eigenvalue weighted by molar-refractivity contribution is -0.136. The van der Waals surface area contributed by atoms with E-state index >= 15 is 0 Å². The number of ether oxygens (including phenoxy) is 1. The summed E-state index contributed by atoms with van der Waals surface area (Å²) < 4.78 is 11.4. The minimum atomic E-state index is -0.808. The van der Waals surface area contributed by atoms with Crippen molar-refractivity contribution in [1.29, 1.82) is 0 Å². The highest BCUT2D eigenvalue weighted by atomic mass is 16.5. The van der Waals surface area contributed by atoms with Crippen LogP contribution in [0.2, 0.25) is 0 Å². The number of furan rings is 1. The normalized spacial score (nSPS) is 18.9. The van der Waals surface area contributed by atoms with Gasteiger partial charge in [0.2, 0.25) is 0 Å². The van der Waals surface area contributed by atoms with Crippen molar-refractivity contribution in [3.63, 3.8) is 0 Å². The summed E-state index contributed by atoms with van der Waals surface area (Å²) >= 11 is 0. The van der Waals surface area contributed by atoms with Crippen molar-refractivity contribution < 1.29 is 19.1 Å². The molecule has 2 heterocycles. The molecule has 5 nitrogen and oxygen atoms in total. The molecule has 0 bridgehead atoms. The van der Waals surface area contributed by atoms with Gasteiger partial charge in [-0.3, -0.25) is 9.69 Å². The van der Waals surface area contributed by atoms with Gasteiger partial charge in [0.1, 0.15) is 11.5 Å². The van der Waals surface area contributed by atoms with Crippen molar-refractivity contribution in [3.8, 4) is 0 Å². The van der Waals surface area contributed by atoms with Crippen molar-refractivity contribution in [1.82, 2.24) is 4.90 Å². The molecule has 2 aromatic rings. The standard InChI is InChI=1S/C18H21NO4/c1-13-6-7-17(23-13)16-12-22-9-8-19(16)11-15-5-3-2-4-14(15)10-18(20)21/h2-7,16H,8-12H2,1H3,(H,20,21). The highest BCUT2D eigenvalue weighted by Crippen LogP contribution is 2.28. The van der Waals surface area contributed by atoms with Crippen molar-refractivity contribution in [2.45, 2.75) is 25.9 Å². The second-order valence-electron chi connectivity index (χ2n) is 5.85. The van der Waals surface area contributed by atoms with E-state index in [4.69, 9.17) is 14.3 Å². The summed E-state index contributed by atoms with van der Waals surface area (Å²) in [6.07, 6.45) is 0.0467. The monoisotopic (exact) mass is 315 g/mol. The fourth-order valence-electron chi connectivity index (χ4n) is 2.99. The molecule has 0 spiro atoms. The Labute approximate surface area is 135 Å². The van der Waals surface area contributed by atoms with Gasteiger partial charge in [0.25, 0.3) is 0 Å². The minimum Gasteiger partial charge on any atom is -0.481 e. The van der Waals surface area contributed by atoms with Crippen LogP contribution in [0, 0.1) is 6.92 Å². The molecular formula is C18H21NO4. The van der Waals surface area contributed by atoms with E-state index in [1.807, 2.05) is 43.3 Å². The van der Waals surface area contributed by atoms with E-state index in [1.54, 1.807) is 0 Å². The van der Waals surface area contributed by atoms with Crippen LogP contribution in [0.1, 0.15) is 28.7 Å². The first kappa shape index (κ1) is 15.8. The second-order valence-corrected chi connectivity index (χ2v) is 5.85. The number of carboxylic acid groups (broad SMARTS) is 1. The van der Waals surface area contributed by atoms with Crippen LogP contribution in [0.5, 0.6) is 0 Å². The number of hydrogen-bond donors (Lipinski definition) is 1. The Morgan fingerprint density at radius 1 is 1.26 bits per heavy atom. The molecule has 23 heavy (non-hydrogen) atoms. The number of benzene rings is 1. The Hall–Kier alpha value is -2.11. The summed E-state index contributed by atoms with van der Waals surface area (Å²) in [5, 5.41) is 9.08. The number of morpholine rings is 1. The highest BCUT2D eigenvalue weighted by molar-refractivity contribution is 5.70. The largest absolute Gasteiger partial charge is 0.481 e. The number of carbonyl (C=O) groups is 1. The quantitative estimate of drug-likeness (QED) is 0.919. The molecule has 0 saturated carbocycles. The smallest absolute Gasteiger partial charge is 0.307 e. The SMILES string of the molecule is Cc1ccc(C2COCCN2Cc2ccccc2CC(=O)O)o1. The van der Waals surface area contributed by atoms with Crippen molar-refractivity contribution in [2.75, 3.05) is 19.8 Å². The summed E-state index contributed by atoms with van der Waals surface area (Å²) in [6.45, 7) is 4.69. The van der Waals surface area contributed by atoms with E-state index in [9.17, 15) is 4.79 Å². The van der Waals surface area contributed by atoms with E-state index < -0.39 is 5.97 Å². The fourth-order valence-corrected chi connectivity index (χ4v) is 2.99. The number of nitrogens with zero attached hydrogens (tertiary/aromatic N) is 1. The molecule has 122 valence electrons. The maximum absolute atomic E-state index is 11.1. The van der Waals surface area contributed by atoms with Crippen LogP contribution < -0.4 is 0 Å². The first-order valence-corrected chi connectivity index (χ1v) is 7.80. The molecule has 1 fully saturated rings. The van der Waals surface area contributed by atoms with Gasteiger partial charge < -0.3 is 14.3 Å². The van der Waals surface area contributed by atoms with Crippen molar-refractivity contribution in [3.05, 3.63) is 59.0 Å². The zero-order valence-electron chi connectivity index (χ0n) is 13.2. The van der Waals surface area contributed by atoms with Crippen LogP contribution in [0.15, 0.2) is 40.8 Å². The van der Waals surface area contributed by atoms with E-state index in [2.05, 4.69) is 4.90 Å². The summed E-state index contributed by atoms with van der Waals surface area (Å²) in [4.78, 5) is 13.3. The van der Waals surface area contributed by atoms with Crippen LogP contribution in [-0.2, 0) is 22.5 Å². The third-order valence-corrected chi connectivity index (χ3v) is 4.16. The maximum Gasteiger partial charge on any atom is 0.307 e. The third-order valence-electron chi connectivity index (χ3n) is 4.16. The number of carboxylic acids is 1. The third kappa shape index (κ3) is 3.81. The average molecular weight is 315 g/mol. The van der Waals surface area contributed by atoms with Crippen LogP contribution in [0.3, 0.4) is 0 Å². The van der Waals surface area contributed by atoms with Gasteiger partial charge in [0.05, 0.1) is 25.7 Å². The molecule has 3 rings (SSSR count). The Morgan fingerprint density at radius 2 is 2.04 bits per heavy atom. The first-order chi connectivity index (χ1) is 11.1. The molecule has 1 saturated heterocycles. The predicted molar refractivity (Wildman–Crippen MR) is 85.2 cm³/mol. The van der Waals surface area contributed by atoms with Crippen molar-refractivity contribution >= 4 is 5.97 Å². The zero-order chi connectivity index (χ0) is 16.2. The van der Waals surface area contributed by atoms with Gasteiger partial charge in [-0.05, 0) is 30.2 Å². The van der Waals surface area contributed by atoms with E-state index in [-0.39, 0.29) is 12.5 Å². The van der Waals surface area contributed by atoms with Crippen LogP contribution in [0.25, 0.3) is 0 Å². The number of aliphatic carboxylic acids is 1. The van der Waals surface area contributed by atoms with E-state index in [1.165, 1.54) is 0 Å². The van der Waals surface area contributed by atoms with Gasteiger partial charge in [0.15, 0.2) is 0 Å². The van der Waals surface area contributed by atoms with Crippen LogP contribution in [0.4, 0.5) is 0 Å². The fraction of sp³-hybridized carbons (Fsp3) is 0.389. The average Bonchev–Trinajstić information content (AvgIpc) is 2.96. The van der Waals surface area contributed by atoms with Crippen LogP contribution in [-0.4, -0.2) is 35.7 Å². The summed E-state index contributed by atoms with van der Waals surface area (Å²) in [5.41, 5.74) is 1.91. The first-order valence-electron chi connectivity index (χ1n) is 7.80. The molecule has 1 aromatic heterocycles. The molecule has 0 amide bonds. The summed E-state index contributed by atoms with van der Waals surface area (Å²) in [6, 6.07) is 11.7. The highest BCUT2D eigenvalue weighted by Gasteiger charge is 2.27. The van der Waals surface area contributed by atoms with Gasteiger partial charge in [-0.15, -0.1) is 0 Å². The maximum atomic E-state index is 11.1. The van der Waals surface area contributed by atoms with Gasteiger partial charge in [-0.2, -0.15) is 0 Å². The summed E-state index contributed by atoms with van der Waals surface area (Å²) in [5.74, 6) is 0.979. The Kier molecular flexibility index (Phi) is 4.79. The van der Waals surface area contributed by atoms with E-state index in [0.717, 1.165) is 29.2 Å². The number of rotatable bonds is 5. The predicted octanol–water partition coefficient (Wildman–Crippen LogP) is 2.79. The van der Waals surface area contributed by atoms with E-state index in [0.29, 0.717) is 19.8 Å². The van der Waals surface area contributed by atoms with Gasteiger partial charge in [-0.25, -0.2) is 0 Å². The molecule has 1 aliphatic heterocycles. The molecule has 1 aromatic carbocycles. The van der Waals surface area contributed by atoms with Gasteiger partial charge in [-0.1, -0.05) is 24.3 Å². The molecule has 1 N–H and O–H groups in total. The minimum absolute atomic E-state index is 0.0467. The lowest BCUT2D eigenvalue weighted by Crippen LogP contribution is -2.39. The number of hydrogen-bond acceptors (Lipinski definition) is 4. The lowest BCUT2D eigenvalue weighted by Gasteiger charge is -2.34.